The van der Waals surface area contributed by atoms with E-state index in [0.717, 1.165) is 12.8 Å². The Labute approximate surface area is 96.2 Å². The Hall–Kier alpha value is -0.0500. The summed E-state index contributed by atoms with van der Waals surface area (Å²) < 4.78 is 0. The third-order valence-electron chi connectivity index (χ3n) is 2.18. The lowest BCUT2D eigenvalue weighted by Crippen LogP contribution is -2.45. The first-order chi connectivity index (χ1) is 6.41. The number of amides is 1. The molecule has 84 valence electrons. The average Bonchev–Trinajstić information content (AvgIpc) is 2.03. The van der Waals surface area contributed by atoms with E-state index in [4.69, 9.17) is 0 Å². The van der Waals surface area contributed by atoms with Crippen molar-refractivity contribution < 1.29 is 4.79 Å². The molecule has 14 heavy (non-hydrogen) atoms. The third kappa shape index (κ3) is 3.99. The number of hydrogen-bond donors (Lipinski definition) is 0. The van der Waals surface area contributed by atoms with Crippen LogP contribution in [-0.4, -0.2) is 27.7 Å². The van der Waals surface area contributed by atoms with E-state index in [1.807, 2.05) is 4.90 Å². The molecule has 0 rings (SSSR count). The number of halogens is 1. The van der Waals surface area contributed by atoms with E-state index < -0.39 is 0 Å². The van der Waals surface area contributed by atoms with Gasteiger partial charge in [-0.3, -0.25) is 4.79 Å². The van der Waals surface area contributed by atoms with Crippen LogP contribution in [0.15, 0.2) is 0 Å². The van der Waals surface area contributed by atoms with Crippen LogP contribution < -0.4 is 0 Å². The Morgan fingerprint density at radius 2 is 1.64 bits per heavy atom. The van der Waals surface area contributed by atoms with Crippen LogP contribution >= 0.6 is 15.9 Å². The summed E-state index contributed by atoms with van der Waals surface area (Å²) in [6.07, 6.45) is 1.94. The van der Waals surface area contributed by atoms with Crippen molar-refractivity contribution in [1.82, 2.24) is 4.90 Å². The van der Waals surface area contributed by atoms with E-state index in [9.17, 15) is 4.79 Å². The van der Waals surface area contributed by atoms with Crippen molar-refractivity contribution in [2.24, 2.45) is 0 Å². The molecule has 0 aromatic rings. The Kier molecular flexibility index (Phi) is 6.41. The van der Waals surface area contributed by atoms with Gasteiger partial charge < -0.3 is 4.90 Å². The molecule has 0 spiro atoms. The maximum atomic E-state index is 12.0. The molecule has 0 heterocycles. The molecule has 0 bridgehead atoms. The van der Waals surface area contributed by atoms with Gasteiger partial charge in [-0.05, 0) is 34.1 Å². The van der Waals surface area contributed by atoms with Crippen LogP contribution in [0.3, 0.4) is 0 Å². The highest BCUT2D eigenvalue weighted by molar-refractivity contribution is 9.10. The minimum Gasteiger partial charge on any atom is -0.337 e. The van der Waals surface area contributed by atoms with Gasteiger partial charge in [0.15, 0.2) is 0 Å². The Balaban J connectivity index is 4.43. The molecule has 0 aromatic heterocycles. The number of alkyl halides is 1. The molecule has 0 aromatic carbocycles. The highest BCUT2D eigenvalue weighted by atomic mass is 79.9. The van der Waals surface area contributed by atoms with E-state index in [-0.39, 0.29) is 22.8 Å². The smallest absolute Gasteiger partial charge is 0.236 e. The number of hydrogen-bond acceptors (Lipinski definition) is 1. The van der Waals surface area contributed by atoms with Crippen molar-refractivity contribution in [2.45, 2.75) is 64.4 Å². The van der Waals surface area contributed by atoms with Crippen molar-refractivity contribution in [3.63, 3.8) is 0 Å². The van der Waals surface area contributed by atoms with Crippen LogP contribution in [0.5, 0.6) is 0 Å². The van der Waals surface area contributed by atoms with Crippen LogP contribution in [0, 0.1) is 0 Å². The molecule has 1 atom stereocenters. The molecule has 0 saturated carbocycles. The standard InChI is InChI=1S/C11H22BrNO/c1-6-7-10(12)11(14)13(8(2)3)9(4)5/h8-10H,6-7H2,1-5H3. The quantitative estimate of drug-likeness (QED) is 0.698. The van der Waals surface area contributed by atoms with Crippen LogP contribution in [0.2, 0.25) is 0 Å². The molecule has 0 radical (unpaired) electrons. The molecule has 2 nitrogen and oxygen atoms in total. The third-order valence-corrected chi connectivity index (χ3v) is 3.03. The van der Waals surface area contributed by atoms with Gasteiger partial charge in [-0.15, -0.1) is 0 Å². The maximum Gasteiger partial charge on any atom is 0.236 e. The monoisotopic (exact) mass is 263 g/mol. The van der Waals surface area contributed by atoms with Gasteiger partial charge in [-0.25, -0.2) is 0 Å². The summed E-state index contributed by atoms with van der Waals surface area (Å²) in [4.78, 5) is 13.9. The summed E-state index contributed by atoms with van der Waals surface area (Å²) in [7, 11) is 0. The van der Waals surface area contributed by atoms with Crippen LogP contribution in [0.25, 0.3) is 0 Å². The molecular weight excluding hydrogens is 242 g/mol. The van der Waals surface area contributed by atoms with Crippen LogP contribution in [-0.2, 0) is 4.79 Å². The summed E-state index contributed by atoms with van der Waals surface area (Å²) in [6.45, 7) is 10.3. The van der Waals surface area contributed by atoms with E-state index in [0.29, 0.717) is 0 Å². The molecule has 0 aliphatic rings. The summed E-state index contributed by atoms with van der Waals surface area (Å²) >= 11 is 3.45. The van der Waals surface area contributed by atoms with E-state index >= 15 is 0 Å². The highest BCUT2D eigenvalue weighted by Crippen LogP contribution is 2.16. The molecule has 0 fully saturated rings. The van der Waals surface area contributed by atoms with Crippen LogP contribution in [0.1, 0.15) is 47.5 Å². The fraction of sp³-hybridized carbons (Fsp3) is 0.909. The molecule has 0 N–H and O–H groups in total. The molecule has 3 heteroatoms. The predicted molar refractivity (Wildman–Crippen MR) is 64.7 cm³/mol. The Bertz CT molecular complexity index is 172. The van der Waals surface area contributed by atoms with E-state index in [1.54, 1.807) is 0 Å². The number of rotatable bonds is 5. The van der Waals surface area contributed by atoms with Gasteiger partial charge in [0.2, 0.25) is 5.91 Å². The highest BCUT2D eigenvalue weighted by Gasteiger charge is 2.25. The first-order valence-corrected chi connectivity index (χ1v) is 6.29. The van der Waals surface area contributed by atoms with E-state index in [2.05, 4.69) is 50.5 Å². The van der Waals surface area contributed by atoms with Gasteiger partial charge in [0.05, 0.1) is 4.83 Å². The largest absolute Gasteiger partial charge is 0.337 e. The van der Waals surface area contributed by atoms with Gasteiger partial charge in [0.25, 0.3) is 0 Å². The molecule has 0 aliphatic heterocycles. The molecule has 0 saturated heterocycles. The predicted octanol–water partition coefficient (Wildman–Crippen LogP) is 3.20. The van der Waals surface area contributed by atoms with Crippen LogP contribution in [0.4, 0.5) is 0 Å². The minimum atomic E-state index is -0.0164. The van der Waals surface area contributed by atoms with Crippen molar-refractivity contribution in [1.29, 1.82) is 0 Å². The number of nitrogens with zero attached hydrogens (tertiary/aromatic N) is 1. The van der Waals surface area contributed by atoms with Gasteiger partial charge in [0.1, 0.15) is 0 Å². The SMILES string of the molecule is CCCC(Br)C(=O)N(C(C)C)C(C)C. The number of carbonyl (C=O) groups is 1. The lowest BCUT2D eigenvalue weighted by Gasteiger charge is -2.32. The lowest BCUT2D eigenvalue weighted by atomic mass is 10.1. The minimum absolute atomic E-state index is 0.0164. The maximum absolute atomic E-state index is 12.0. The Morgan fingerprint density at radius 1 is 1.21 bits per heavy atom. The zero-order chi connectivity index (χ0) is 11.3. The first-order valence-electron chi connectivity index (χ1n) is 5.38. The summed E-state index contributed by atoms with van der Waals surface area (Å²) in [5.41, 5.74) is 0. The van der Waals surface area contributed by atoms with Crippen molar-refractivity contribution >= 4 is 21.8 Å². The van der Waals surface area contributed by atoms with Crippen molar-refractivity contribution in [3.05, 3.63) is 0 Å². The summed E-state index contributed by atoms with van der Waals surface area (Å²) in [5.74, 6) is 0.219. The lowest BCUT2D eigenvalue weighted by molar-refractivity contribution is -0.134. The first kappa shape index (κ1) is 13.9. The number of carbonyl (C=O) groups excluding carboxylic acids is 1. The van der Waals surface area contributed by atoms with Gasteiger partial charge in [-0.2, -0.15) is 0 Å². The summed E-state index contributed by atoms with van der Waals surface area (Å²) in [5, 5.41) is 0. The second-order valence-corrected chi connectivity index (χ2v) is 5.29. The second-order valence-electron chi connectivity index (χ2n) is 4.19. The molecular formula is C11H22BrNO. The zero-order valence-corrected chi connectivity index (χ0v) is 11.5. The fourth-order valence-corrected chi connectivity index (χ4v) is 2.34. The zero-order valence-electron chi connectivity index (χ0n) is 9.88. The van der Waals surface area contributed by atoms with Gasteiger partial charge >= 0.3 is 0 Å². The normalized spacial score (nSPS) is 13.4. The van der Waals surface area contributed by atoms with Gasteiger partial charge in [-0.1, -0.05) is 29.3 Å². The van der Waals surface area contributed by atoms with E-state index in [1.165, 1.54) is 0 Å². The average molecular weight is 264 g/mol. The van der Waals surface area contributed by atoms with Crippen molar-refractivity contribution in [2.75, 3.05) is 0 Å². The fourth-order valence-electron chi connectivity index (χ4n) is 1.64. The summed E-state index contributed by atoms with van der Waals surface area (Å²) in [6, 6.07) is 0.554. The second kappa shape index (κ2) is 6.44. The van der Waals surface area contributed by atoms with Crippen molar-refractivity contribution in [3.8, 4) is 0 Å². The Morgan fingerprint density at radius 3 is 1.93 bits per heavy atom. The molecule has 0 aliphatic carbocycles. The molecule has 1 unspecified atom stereocenters. The molecule has 1 amide bonds. The van der Waals surface area contributed by atoms with Gasteiger partial charge in [0, 0.05) is 12.1 Å². The topological polar surface area (TPSA) is 20.3 Å².